The van der Waals surface area contributed by atoms with E-state index in [9.17, 15) is 0 Å². The molecule has 60 valence electrons. The molecule has 2 aromatic rings. The highest BCUT2D eigenvalue weighted by Gasteiger charge is 1.96. The Morgan fingerprint density at radius 1 is 1.08 bits per heavy atom. The van der Waals surface area contributed by atoms with Gasteiger partial charge >= 0.3 is 0 Å². The number of hydrogen-bond acceptors (Lipinski definition) is 2. The number of thiol groups is 1. The van der Waals surface area contributed by atoms with Crippen LogP contribution >= 0.6 is 24.0 Å². The monoisotopic (exact) mass is 192 g/mol. The summed E-state index contributed by atoms with van der Waals surface area (Å²) < 4.78 is 0. The van der Waals surface area contributed by atoms with E-state index in [2.05, 4.69) is 42.3 Å². The van der Waals surface area contributed by atoms with Crippen molar-refractivity contribution in [2.24, 2.45) is 0 Å². The van der Waals surface area contributed by atoms with E-state index in [1.165, 1.54) is 10.4 Å². The standard InChI is InChI=1S/C10H8S2/c11-9-4-1-3-8(7-9)10-5-2-6-12-10/h1-7,11H. The van der Waals surface area contributed by atoms with Gasteiger partial charge in [-0.05, 0) is 29.1 Å². The molecule has 2 heteroatoms. The zero-order valence-electron chi connectivity index (χ0n) is 6.40. The molecule has 0 saturated heterocycles. The molecule has 12 heavy (non-hydrogen) atoms. The van der Waals surface area contributed by atoms with Crippen molar-refractivity contribution in [1.29, 1.82) is 0 Å². The average molecular weight is 192 g/mol. The van der Waals surface area contributed by atoms with Crippen LogP contribution < -0.4 is 0 Å². The normalized spacial score (nSPS) is 10.1. The minimum absolute atomic E-state index is 1.01. The van der Waals surface area contributed by atoms with Crippen LogP contribution in [0.4, 0.5) is 0 Å². The van der Waals surface area contributed by atoms with E-state index in [1.54, 1.807) is 11.3 Å². The fourth-order valence-corrected chi connectivity index (χ4v) is 2.05. The molecule has 0 N–H and O–H groups in total. The molecule has 0 saturated carbocycles. The van der Waals surface area contributed by atoms with Crippen LogP contribution in [0, 0.1) is 0 Å². The summed E-state index contributed by atoms with van der Waals surface area (Å²) in [5.74, 6) is 0. The summed E-state index contributed by atoms with van der Waals surface area (Å²) in [6.45, 7) is 0. The second-order valence-corrected chi connectivity index (χ2v) is 3.99. The van der Waals surface area contributed by atoms with Crippen LogP contribution in [-0.4, -0.2) is 0 Å². The summed E-state index contributed by atoms with van der Waals surface area (Å²) in [7, 11) is 0. The van der Waals surface area contributed by atoms with Crippen molar-refractivity contribution in [2.75, 3.05) is 0 Å². The Morgan fingerprint density at radius 3 is 2.67 bits per heavy atom. The van der Waals surface area contributed by atoms with Gasteiger partial charge in [0.15, 0.2) is 0 Å². The number of rotatable bonds is 1. The van der Waals surface area contributed by atoms with Crippen LogP contribution in [-0.2, 0) is 0 Å². The van der Waals surface area contributed by atoms with Gasteiger partial charge in [0.25, 0.3) is 0 Å². The molecular formula is C10H8S2. The first-order valence-corrected chi connectivity index (χ1v) is 5.02. The molecule has 1 aromatic heterocycles. The predicted molar refractivity (Wildman–Crippen MR) is 57.0 cm³/mol. The third-order valence-corrected chi connectivity index (χ3v) is 2.85. The fourth-order valence-electron chi connectivity index (χ4n) is 1.10. The van der Waals surface area contributed by atoms with Crippen LogP contribution in [0.1, 0.15) is 0 Å². The van der Waals surface area contributed by atoms with E-state index in [4.69, 9.17) is 0 Å². The van der Waals surface area contributed by atoms with E-state index in [0.29, 0.717) is 0 Å². The molecule has 0 nitrogen and oxygen atoms in total. The number of benzene rings is 1. The lowest BCUT2D eigenvalue weighted by atomic mass is 10.2. The zero-order valence-corrected chi connectivity index (χ0v) is 8.11. The van der Waals surface area contributed by atoms with Crippen molar-refractivity contribution in [3.63, 3.8) is 0 Å². The van der Waals surface area contributed by atoms with Gasteiger partial charge in [-0.2, -0.15) is 0 Å². The highest BCUT2D eigenvalue weighted by molar-refractivity contribution is 7.80. The molecule has 0 spiro atoms. The van der Waals surface area contributed by atoms with Gasteiger partial charge < -0.3 is 0 Å². The fraction of sp³-hybridized carbons (Fsp3) is 0. The minimum atomic E-state index is 1.01. The third-order valence-electron chi connectivity index (χ3n) is 1.65. The molecule has 0 aliphatic rings. The number of thiophene rings is 1. The van der Waals surface area contributed by atoms with Crippen LogP contribution in [0.3, 0.4) is 0 Å². The maximum atomic E-state index is 4.29. The predicted octanol–water partition coefficient (Wildman–Crippen LogP) is 3.70. The highest BCUT2D eigenvalue weighted by Crippen LogP contribution is 2.25. The van der Waals surface area contributed by atoms with E-state index in [1.807, 2.05) is 12.1 Å². The molecule has 0 unspecified atom stereocenters. The molecule has 1 aromatic carbocycles. The number of hydrogen-bond donors (Lipinski definition) is 1. The Morgan fingerprint density at radius 2 is 2.00 bits per heavy atom. The molecule has 2 rings (SSSR count). The van der Waals surface area contributed by atoms with Gasteiger partial charge in [-0.3, -0.25) is 0 Å². The SMILES string of the molecule is Sc1cccc(-c2cccs2)c1. The quantitative estimate of drug-likeness (QED) is 0.654. The van der Waals surface area contributed by atoms with E-state index in [-0.39, 0.29) is 0 Å². The van der Waals surface area contributed by atoms with Crippen molar-refractivity contribution in [1.82, 2.24) is 0 Å². The summed E-state index contributed by atoms with van der Waals surface area (Å²) >= 11 is 6.04. The van der Waals surface area contributed by atoms with E-state index >= 15 is 0 Å². The lowest BCUT2D eigenvalue weighted by molar-refractivity contribution is 1.48. The summed E-state index contributed by atoms with van der Waals surface area (Å²) in [6, 6.07) is 12.4. The van der Waals surface area contributed by atoms with Crippen molar-refractivity contribution in [3.05, 3.63) is 41.8 Å². The molecule has 0 fully saturated rings. The summed E-state index contributed by atoms with van der Waals surface area (Å²) in [5.41, 5.74) is 1.25. The maximum absolute atomic E-state index is 4.29. The molecule has 0 aliphatic heterocycles. The summed E-state index contributed by atoms with van der Waals surface area (Å²) in [5, 5.41) is 2.08. The van der Waals surface area contributed by atoms with Crippen LogP contribution in [0.25, 0.3) is 10.4 Å². The van der Waals surface area contributed by atoms with Gasteiger partial charge in [0.05, 0.1) is 0 Å². The Labute approximate surface area is 81.3 Å². The van der Waals surface area contributed by atoms with Crippen molar-refractivity contribution in [2.45, 2.75) is 4.90 Å². The average Bonchev–Trinajstić information content (AvgIpc) is 2.56. The minimum Gasteiger partial charge on any atom is -0.144 e. The van der Waals surface area contributed by atoms with Crippen molar-refractivity contribution < 1.29 is 0 Å². The second kappa shape index (κ2) is 3.33. The maximum Gasteiger partial charge on any atom is 0.0343 e. The first kappa shape index (κ1) is 7.90. The van der Waals surface area contributed by atoms with Gasteiger partial charge in [0, 0.05) is 9.77 Å². The zero-order chi connectivity index (χ0) is 8.39. The molecular weight excluding hydrogens is 184 g/mol. The molecule has 0 atom stereocenters. The smallest absolute Gasteiger partial charge is 0.0343 e. The van der Waals surface area contributed by atoms with Gasteiger partial charge in [-0.15, -0.1) is 24.0 Å². The van der Waals surface area contributed by atoms with Gasteiger partial charge in [0.1, 0.15) is 0 Å². The van der Waals surface area contributed by atoms with Gasteiger partial charge in [-0.1, -0.05) is 18.2 Å². The third kappa shape index (κ3) is 1.54. The Balaban J connectivity index is 2.48. The Hall–Kier alpha value is -0.730. The van der Waals surface area contributed by atoms with Crippen molar-refractivity contribution in [3.8, 4) is 10.4 Å². The summed E-state index contributed by atoms with van der Waals surface area (Å²) in [4.78, 5) is 2.31. The second-order valence-electron chi connectivity index (χ2n) is 2.53. The van der Waals surface area contributed by atoms with Gasteiger partial charge in [-0.25, -0.2) is 0 Å². The molecule has 0 bridgehead atoms. The Bertz CT molecular complexity index is 363. The first-order valence-electron chi connectivity index (χ1n) is 3.69. The van der Waals surface area contributed by atoms with Gasteiger partial charge in [0.2, 0.25) is 0 Å². The summed E-state index contributed by atoms with van der Waals surface area (Å²) in [6.07, 6.45) is 0. The lowest BCUT2D eigenvalue weighted by Gasteiger charge is -1.96. The van der Waals surface area contributed by atoms with Crippen LogP contribution in [0.2, 0.25) is 0 Å². The van der Waals surface area contributed by atoms with Crippen LogP contribution in [0.5, 0.6) is 0 Å². The first-order chi connectivity index (χ1) is 5.86. The van der Waals surface area contributed by atoms with E-state index in [0.717, 1.165) is 4.90 Å². The van der Waals surface area contributed by atoms with E-state index < -0.39 is 0 Å². The largest absolute Gasteiger partial charge is 0.144 e. The van der Waals surface area contributed by atoms with Crippen molar-refractivity contribution >= 4 is 24.0 Å². The lowest BCUT2D eigenvalue weighted by Crippen LogP contribution is -1.70. The van der Waals surface area contributed by atoms with Crippen LogP contribution in [0.15, 0.2) is 46.7 Å². The Kier molecular flexibility index (Phi) is 2.19. The molecule has 0 aliphatic carbocycles. The molecule has 1 heterocycles. The topological polar surface area (TPSA) is 0 Å². The highest BCUT2D eigenvalue weighted by atomic mass is 32.1. The molecule has 0 radical (unpaired) electrons. The molecule has 0 amide bonds.